The molecule has 1 fully saturated rings. The molecule has 1 aliphatic heterocycles. The molecule has 150 valence electrons. The van der Waals surface area contributed by atoms with Gasteiger partial charge in [-0.25, -0.2) is 0 Å². The number of hydrogen-bond donors (Lipinski definition) is 1. The number of hydrogen-bond acceptors (Lipinski definition) is 4. The van der Waals surface area contributed by atoms with Gasteiger partial charge in [-0.15, -0.1) is 0 Å². The number of amides is 1. The van der Waals surface area contributed by atoms with Crippen molar-refractivity contribution in [1.82, 2.24) is 20.1 Å². The van der Waals surface area contributed by atoms with Crippen LogP contribution < -0.4 is 5.32 Å². The van der Waals surface area contributed by atoms with E-state index in [1.165, 1.54) is 6.26 Å². The molecule has 1 aliphatic rings. The number of carbonyl (C=O) groups is 1. The van der Waals surface area contributed by atoms with Gasteiger partial charge in [-0.2, -0.15) is 0 Å². The number of rotatable bonds is 4. The second-order valence-corrected chi connectivity index (χ2v) is 6.98. The molecule has 4 rings (SSSR count). The summed E-state index contributed by atoms with van der Waals surface area (Å²) in [6, 6.07) is 15.8. The zero-order valence-corrected chi connectivity index (χ0v) is 16.5. The molecule has 0 atom stereocenters. The van der Waals surface area contributed by atoms with Crippen LogP contribution in [0.4, 0.5) is 0 Å². The van der Waals surface area contributed by atoms with Crippen LogP contribution in [-0.2, 0) is 6.42 Å². The number of fused-ring (bicyclic) bond motifs is 1. The quantitative estimate of drug-likeness (QED) is 0.546. The van der Waals surface area contributed by atoms with Crippen LogP contribution in [0.5, 0.6) is 0 Å². The van der Waals surface area contributed by atoms with Crippen molar-refractivity contribution < 1.29 is 9.21 Å². The van der Waals surface area contributed by atoms with E-state index in [4.69, 9.17) is 9.40 Å². The molecule has 0 bridgehead atoms. The number of nitrogens with one attached hydrogen (secondary N) is 1. The monoisotopic (exact) mass is 391 g/mol. The van der Waals surface area contributed by atoms with Crippen LogP contribution in [0, 0.1) is 0 Å². The second-order valence-electron chi connectivity index (χ2n) is 6.98. The normalized spacial score (nSPS) is 15.0. The molecule has 0 aliphatic carbocycles. The fourth-order valence-corrected chi connectivity index (χ4v) is 3.56. The maximum absolute atomic E-state index is 12.4. The molecule has 0 unspecified atom stereocenters. The Morgan fingerprint density at radius 3 is 2.62 bits per heavy atom. The van der Waals surface area contributed by atoms with Crippen LogP contribution in [0.2, 0.25) is 0 Å². The summed E-state index contributed by atoms with van der Waals surface area (Å²) < 4.78 is 5.22. The van der Waals surface area contributed by atoms with Crippen molar-refractivity contribution in [1.29, 1.82) is 0 Å². The number of aliphatic imine (C=N–C) groups is 1. The van der Waals surface area contributed by atoms with Crippen LogP contribution in [0.3, 0.4) is 0 Å². The summed E-state index contributed by atoms with van der Waals surface area (Å²) >= 11 is 0. The number of furan rings is 1. The average Bonchev–Trinajstić information content (AvgIpc) is 3.31. The van der Waals surface area contributed by atoms with Gasteiger partial charge in [-0.3, -0.25) is 14.8 Å². The Labute approximate surface area is 170 Å². The highest BCUT2D eigenvalue weighted by Gasteiger charge is 2.25. The number of para-hydroxylation sites is 1. The standard InChI is InChI=1S/C22H25N5O2/c1-23-22(24-11-10-18-9-8-17-5-2-3-6-19(17)25-18)27-14-12-26(13-15-27)21(28)20-7-4-16-29-20/h2-9,16H,10-15H2,1H3,(H,23,24). The first-order valence-electron chi connectivity index (χ1n) is 9.87. The Balaban J connectivity index is 1.28. The van der Waals surface area contributed by atoms with E-state index in [2.05, 4.69) is 33.4 Å². The molecule has 1 aromatic carbocycles. The van der Waals surface area contributed by atoms with Crippen molar-refractivity contribution >= 4 is 22.8 Å². The number of nitrogens with zero attached hydrogens (tertiary/aromatic N) is 4. The van der Waals surface area contributed by atoms with Gasteiger partial charge in [0.1, 0.15) is 0 Å². The first-order chi connectivity index (χ1) is 14.2. The summed E-state index contributed by atoms with van der Waals surface area (Å²) in [6.07, 6.45) is 2.35. The second kappa shape index (κ2) is 8.77. The molecule has 0 radical (unpaired) electrons. The van der Waals surface area contributed by atoms with Crippen LogP contribution in [0.25, 0.3) is 10.9 Å². The predicted octanol–water partition coefficient (Wildman–Crippen LogP) is 2.40. The summed E-state index contributed by atoms with van der Waals surface area (Å²) in [5.41, 5.74) is 2.08. The summed E-state index contributed by atoms with van der Waals surface area (Å²) in [7, 11) is 1.79. The third kappa shape index (κ3) is 4.39. The van der Waals surface area contributed by atoms with Crippen molar-refractivity contribution in [2.24, 2.45) is 4.99 Å². The van der Waals surface area contributed by atoms with Gasteiger partial charge in [0.25, 0.3) is 5.91 Å². The molecule has 1 saturated heterocycles. The lowest BCUT2D eigenvalue weighted by Crippen LogP contribution is -2.54. The van der Waals surface area contributed by atoms with E-state index >= 15 is 0 Å². The SMILES string of the molecule is CN=C(NCCc1ccc2ccccc2n1)N1CCN(C(=O)c2ccco2)CC1. The molecule has 1 N–H and O–H groups in total. The molecular formula is C22H25N5O2. The zero-order chi connectivity index (χ0) is 20.1. The first-order valence-corrected chi connectivity index (χ1v) is 9.87. The highest BCUT2D eigenvalue weighted by Crippen LogP contribution is 2.12. The van der Waals surface area contributed by atoms with Gasteiger partial charge in [0, 0.05) is 57.3 Å². The van der Waals surface area contributed by atoms with Crippen molar-refractivity contribution in [2.75, 3.05) is 39.8 Å². The van der Waals surface area contributed by atoms with Gasteiger partial charge in [0.2, 0.25) is 0 Å². The maximum atomic E-state index is 12.4. The van der Waals surface area contributed by atoms with E-state index in [-0.39, 0.29) is 5.91 Å². The van der Waals surface area contributed by atoms with E-state index < -0.39 is 0 Å². The fourth-order valence-electron chi connectivity index (χ4n) is 3.56. The largest absolute Gasteiger partial charge is 0.459 e. The van der Waals surface area contributed by atoms with Crippen molar-refractivity contribution in [3.63, 3.8) is 0 Å². The number of guanidine groups is 1. The smallest absolute Gasteiger partial charge is 0.289 e. The fraction of sp³-hybridized carbons (Fsp3) is 0.318. The molecule has 3 heterocycles. The van der Waals surface area contributed by atoms with Gasteiger partial charge in [-0.1, -0.05) is 24.3 Å². The van der Waals surface area contributed by atoms with Crippen LogP contribution in [0.1, 0.15) is 16.2 Å². The molecule has 2 aromatic heterocycles. The lowest BCUT2D eigenvalue weighted by molar-refractivity contribution is 0.0658. The minimum absolute atomic E-state index is 0.0556. The molecule has 0 spiro atoms. The Morgan fingerprint density at radius 2 is 1.86 bits per heavy atom. The highest BCUT2D eigenvalue weighted by molar-refractivity contribution is 5.91. The van der Waals surface area contributed by atoms with E-state index in [0.717, 1.165) is 48.6 Å². The molecule has 7 heteroatoms. The topological polar surface area (TPSA) is 74.0 Å². The van der Waals surface area contributed by atoms with Crippen LogP contribution in [0.15, 0.2) is 64.2 Å². The van der Waals surface area contributed by atoms with Gasteiger partial charge in [0.15, 0.2) is 11.7 Å². The van der Waals surface area contributed by atoms with Crippen molar-refractivity contribution in [3.05, 3.63) is 66.2 Å². The highest BCUT2D eigenvalue weighted by atomic mass is 16.3. The van der Waals surface area contributed by atoms with E-state index in [1.54, 1.807) is 19.2 Å². The lowest BCUT2D eigenvalue weighted by Gasteiger charge is -2.36. The Kier molecular flexibility index (Phi) is 5.74. The Morgan fingerprint density at radius 1 is 1.07 bits per heavy atom. The number of carbonyl (C=O) groups excluding carboxylic acids is 1. The summed E-state index contributed by atoms with van der Waals surface area (Å²) in [5, 5.41) is 4.58. The van der Waals surface area contributed by atoms with Crippen molar-refractivity contribution in [3.8, 4) is 0 Å². The number of aromatic nitrogens is 1. The summed E-state index contributed by atoms with van der Waals surface area (Å²) in [6.45, 7) is 3.52. The van der Waals surface area contributed by atoms with Crippen LogP contribution in [-0.4, -0.2) is 66.4 Å². The maximum Gasteiger partial charge on any atom is 0.289 e. The van der Waals surface area contributed by atoms with E-state index in [9.17, 15) is 4.79 Å². The molecule has 1 amide bonds. The first kappa shape index (κ1) is 19.0. The number of pyridine rings is 1. The minimum Gasteiger partial charge on any atom is -0.459 e. The Bertz CT molecular complexity index is 991. The molecular weight excluding hydrogens is 366 g/mol. The lowest BCUT2D eigenvalue weighted by atomic mass is 10.2. The molecule has 7 nitrogen and oxygen atoms in total. The average molecular weight is 391 g/mol. The molecule has 3 aromatic rings. The van der Waals surface area contributed by atoms with Gasteiger partial charge >= 0.3 is 0 Å². The molecule has 29 heavy (non-hydrogen) atoms. The van der Waals surface area contributed by atoms with Gasteiger partial charge in [0.05, 0.1) is 11.8 Å². The third-order valence-electron chi connectivity index (χ3n) is 5.13. The van der Waals surface area contributed by atoms with E-state index in [0.29, 0.717) is 18.8 Å². The Hall–Kier alpha value is -3.35. The van der Waals surface area contributed by atoms with Crippen LogP contribution >= 0.6 is 0 Å². The third-order valence-corrected chi connectivity index (χ3v) is 5.13. The summed E-state index contributed by atoms with van der Waals surface area (Å²) in [4.78, 5) is 25.5. The predicted molar refractivity (Wildman–Crippen MR) is 113 cm³/mol. The summed E-state index contributed by atoms with van der Waals surface area (Å²) in [5.74, 6) is 1.19. The minimum atomic E-state index is -0.0556. The van der Waals surface area contributed by atoms with E-state index in [1.807, 2.05) is 23.1 Å². The van der Waals surface area contributed by atoms with Gasteiger partial charge in [-0.05, 0) is 24.3 Å². The van der Waals surface area contributed by atoms with Crippen molar-refractivity contribution in [2.45, 2.75) is 6.42 Å². The number of piperazine rings is 1. The number of benzene rings is 1. The van der Waals surface area contributed by atoms with Gasteiger partial charge < -0.3 is 19.5 Å². The zero-order valence-electron chi connectivity index (χ0n) is 16.5. The molecule has 0 saturated carbocycles.